The van der Waals surface area contributed by atoms with Gasteiger partial charge in [0.25, 0.3) is 5.91 Å². The zero-order valence-corrected chi connectivity index (χ0v) is 14.4. The Bertz CT molecular complexity index is 729. The van der Waals surface area contributed by atoms with Crippen molar-refractivity contribution in [1.29, 1.82) is 0 Å². The lowest BCUT2D eigenvalue weighted by Crippen LogP contribution is -2.30. The van der Waals surface area contributed by atoms with Crippen molar-refractivity contribution in [3.63, 3.8) is 0 Å². The molecule has 0 aliphatic carbocycles. The lowest BCUT2D eigenvalue weighted by atomic mass is 10.1. The van der Waals surface area contributed by atoms with Crippen LogP contribution < -0.4 is 11.1 Å². The Labute approximate surface area is 143 Å². The SMILES string of the molecule is Cc1cccc(C(=O)O[C@@H](C)C(=O)Nc2ccc(Br)cc2)c1N. The Morgan fingerprint density at radius 3 is 2.48 bits per heavy atom. The molecule has 0 aliphatic heterocycles. The van der Waals surface area contributed by atoms with Crippen LogP contribution in [0.4, 0.5) is 11.4 Å². The van der Waals surface area contributed by atoms with Crippen molar-refractivity contribution in [3.05, 3.63) is 58.1 Å². The second kappa shape index (κ2) is 7.28. The van der Waals surface area contributed by atoms with Gasteiger partial charge in [-0.05, 0) is 49.7 Å². The molecular weight excluding hydrogens is 360 g/mol. The van der Waals surface area contributed by atoms with E-state index in [9.17, 15) is 9.59 Å². The molecule has 3 N–H and O–H groups in total. The zero-order chi connectivity index (χ0) is 17.0. The monoisotopic (exact) mass is 376 g/mol. The molecule has 0 saturated carbocycles. The lowest BCUT2D eigenvalue weighted by Gasteiger charge is -2.15. The summed E-state index contributed by atoms with van der Waals surface area (Å²) < 4.78 is 6.10. The fourth-order valence-electron chi connectivity index (χ4n) is 1.91. The maximum Gasteiger partial charge on any atom is 0.341 e. The van der Waals surface area contributed by atoms with Crippen LogP contribution in [0.1, 0.15) is 22.8 Å². The molecule has 0 aromatic heterocycles. The van der Waals surface area contributed by atoms with Crippen LogP contribution in [0.2, 0.25) is 0 Å². The Hall–Kier alpha value is -2.34. The molecule has 6 heteroatoms. The number of ether oxygens (including phenoxy) is 1. The fraction of sp³-hybridized carbons (Fsp3) is 0.176. The largest absolute Gasteiger partial charge is 0.449 e. The van der Waals surface area contributed by atoms with Gasteiger partial charge in [0.1, 0.15) is 0 Å². The van der Waals surface area contributed by atoms with Gasteiger partial charge in [-0.2, -0.15) is 0 Å². The van der Waals surface area contributed by atoms with Gasteiger partial charge in [-0.25, -0.2) is 4.79 Å². The number of carbonyl (C=O) groups excluding carboxylic acids is 2. The molecular formula is C17H17BrN2O3. The van der Waals surface area contributed by atoms with Crippen LogP contribution in [-0.4, -0.2) is 18.0 Å². The molecule has 1 atom stereocenters. The first kappa shape index (κ1) is 17.0. The van der Waals surface area contributed by atoms with Gasteiger partial charge in [0.2, 0.25) is 0 Å². The van der Waals surface area contributed by atoms with E-state index in [4.69, 9.17) is 10.5 Å². The van der Waals surface area contributed by atoms with E-state index >= 15 is 0 Å². The topological polar surface area (TPSA) is 81.4 Å². The normalized spacial score (nSPS) is 11.6. The van der Waals surface area contributed by atoms with E-state index in [2.05, 4.69) is 21.2 Å². The molecule has 0 spiro atoms. The summed E-state index contributed by atoms with van der Waals surface area (Å²) in [6.07, 6.45) is -0.939. The summed E-state index contributed by atoms with van der Waals surface area (Å²) in [5.74, 6) is -1.03. The summed E-state index contributed by atoms with van der Waals surface area (Å²) in [4.78, 5) is 24.2. The molecule has 5 nitrogen and oxygen atoms in total. The predicted molar refractivity (Wildman–Crippen MR) is 93.2 cm³/mol. The average Bonchev–Trinajstić information content (AvgIpc) is 2.52. The molecule has 120 valence electrons. The molecule has 0 saturated heterocycles. The molecule has 2 aromatic rings. The molecule has 0 bridgehead atoms. The maximum absolute atomic E-state index is 12.1. The first-order chi connectivity index (χ1) is 10.9. The number of esters is 1. The van der Waals surface area contributed by atoms with Crippen molar-refractivity contribution in [3.8, 4) is 0 Å². The molecule has 0 fully saturated rings. The van der Waals surface area contributed by atoms with Crippen LogP contribution >= 0.6 is 15.9 Å². The Balaban J connectivity index is 2.01. The van der Waals surface area contributed by atoms with Crippen molar-refractivity contribution in [1.82, 2.24) is 0 Å². The molecule has 0 radical (unpaired) electrons. The molecule has 0 unspecified atom stereocenters. The number of anilines is 2. The molecule has 0 aliphatic rings. The number of nitrogens with two attached hydrogens (primary N) is 1. The summed E-state index contributed by atoms with van der Waals surface area (Å²) in [7, 11) is 0. The second-order valence-corrected chi connectivity index (χ2v) is 6.00. The van der Waals surface area contributed by atoms with Crippen molar-refractivity contribution < 1.29 is 14.3 Å². The van der Waals surface area contributed by atoms with E-state index < -0.39 is 18.0 Å². The number of para-hydroxylation sites is 1. The van der Waals surface area contributed by atoms with Crippen molar-refractivity contribution in [2.45, 2.75) is 20.0 Å². The predicted octanol–water partition coefficient (Wildman–Crippen LogP) is 3.52. The third kappa shape index (κ3) is 4.32. The smallest absolute Gasteiger partial charge is 0.341 e. The standard InChI is InChI=1S/C17H17BrN2O3/c1-10-4-3-5-14(15(10)19)17(22)23-11(2)16(21)20-13-8-6-12(18)7-9-13/h3-9,11H,19H2,1-2H3,(H,20,21)/t11-/m0/s1. The van der Waals surface area contributed by atoms with Gasteiger partial charge in [0.15, 0.2) is 6.10 Å². The summed E-state index contributed by atoms with van der Waals surface area (Å²) in [5, 5.41) is 2.68. The van der Waals surface area contributed by atoms with Gasteiger partial charge < -0.3 is 15.8 Å². The quantitative estimate of drug-likeness (QED) is 0.631. The number of amides is 1. The van der Waals surface area contributed by atoms with E-state index in [-0.39, 0.29) is 5.56 Å². The van der Waals surface area contributed by atoms with Crippen LogP contribution in [0.5, 0.6) is 0 Å². The van der Waals surface area contributed by atoms with E-state index in [0.717, 1.165) is 10.0 Å². The molecule has 1 amide bonds. The molecule has 0 heterocycles. The third-order valence-corrected chi connectivity index (χ3v) is 3.84. The van der Waals surface area contributed by atoms with Crippen molar-refractivity contribution in [2.75, 3.05) is 11.1 Å². The summed E-state index contributed by atoms with van der Waals surface area (Å²) in [6.45, 7) is 3.31. The average molecular weight is 377 g/mol. The lowest BCUT2D eigenvalue weighted by molar-refractivity contribution is -0.123. The van der Waals surface area contributed by atoms with Crippen LogP contribution in [-0.2, 0) is 9.53 Å². The van der Waals surface area contributed by atoms with E-state index in [1.165, 1.54) is 6.92 Å². The van der Waals surface area contributed by atoms with Crippen LogP contribution in [0.15, 0.2) is 46.9 Å². The number of hydrogen-bond donors (Lipinski definition) is 2. The number of halogens is 1. The van der Waals surface area contributed by atoms with Gasteiger partial charge in [-0.1, -0.05) is 28.1 Å². The van der Waals surface area contributed by atoms with Gasteiger partial charge in [-0.3, -0.25) is 4.79 Å². The molecule has 23 heavy (non-hydrogen) atoms. The highest BCUT2D eigenvalue weighted by molar-refractivity contribution is 9.10. The number of rotatable bonds is 4. The highest BCUT2D eigenvalue weighted by Crippen LogP contribution is 2.18. The van der Waals surface area contributed by atoms with E-state index in [1.807, 2.05) is 0 Å². The molecule has 2 aromatic carbocycles. The van der Waals surface area contributed by atoms with Gasteiger partial charge in [-0.15, -0.1) is 0 Å². The molecule has 2 rings (SSSR count). The zero-order valence-electron chi connectivity index (χ0n) is 12.8. The van der Waals surface area contributed by atoms with Gasteiger partial charge >= 0.3 is 5.97 Å². The summed E-state index contributed by atoms with van der Waals surface area (Å²) in [6, 6.07) is 12.2. The minimum absolute atomic E-state index is 0.258. The fourth-order valence-corrected chi connectivity index (χ4v) is 2.18. The first-order valence-electron chi connectivity index (χ1n) is 7.01. The van der Waals surface area contributed by atoms with Crippen molar-refractivity contribution >= 4 is 39.2 Å². The van der Waals surface area contributed by atoms with Crippen LogP contribution in [0, 0.1) is 6.92 Å². The maximum atomic E-state index is 12.1. The van der Waals surface area contributed by atoms with E-state index in [1.54, 1.807) is 49.4 Å². The number of hydrogen-bond acceptors (Lipinski definition) is 4. The number of benzene rings is 2. The highest BCUT2D eigenvalue weighted by atomic mass is 79.9. The second-order valence-electron chi connectivity index (χ2n) is 5.08. The Morgan fingerprint density at radius 2 is 1.83 bits per heavy atom. The minimum Gasteiger partial charge on any atom is -0.449 e. The van der Waals surface area contributed by atoms with Crippen LogP contribution in [0.25, 0.3) is 0 Å². The third-order valence-electron chi connectivity index (χ3n) is 3.31. The Morgan fingerprint density at radius 1 is 1.17 bits per heavy atom. The number of nitrogens with one attached hydrogen (secondary N) is 1. The summed E-state index contributed by atoms with van der Waals surface area (Å²) in [5.41, 5.74) is 7.89. The van der Waals surface area contributed by atoms with Crippen molar-refractivity contribution in [2.24, 2.45) is 0 Å². The first-order valence-corrected chi connectivity index (χ1v) is 7.80. The number of carbonyl (C=O) groups is 2. The van der Waals surface area contributed by atoms with Gasteiger partial charge in [0, 0.05) is 15.8 Å². The number of aryl methyl sites for hydroxylation is 1. The highest BCUT2D eigenvalue weighted by Gasteiger charge is 2.20. The Kier molecular flexibility index (Phi) is 5.39. The number of nitrogen functional groups attached to an aromatic ring is 1. The minimum atomic E-state index is -0.939. The van der Waals surface area contributed by atoms with E-state index in [0.29, 0.717) is 11.4 Å². The van der Waals surface area contributed by atoms with Gasteiger partial charge in [0.05, 0.1) is 5.56 Å². The van der Waals surface area contributed by atoms with Crippen LogP contribution in [0.3, 0.4) is 0 Å². The summed E-state index contributed by atoms with van der Waals surface area (Å²) >= 11 is 3.32.